The molecule has 1 saturated heterocycles. The summed E-state index contributed by atoms with van der Waals surface area (Å²) >= 11 is 0. The smallest absolute Gasteiger partial charge is 0.340 e. The predicted octanol–water partition coefficient (Wildman–Crippen LogP) is 2.73. The van der Waals surface area contributed by atoms with E-state index in [-0.39, 0.29) is 65.3 Å². The van der Waals surface area contributed by atoms with Gasteiger partial charge < -0.3 is 29.8 Å². The number of carbonyl (C=O) groups is 1. The maximum Gasteiger partial charge on any atom is 0.340 e. The average Bonchev–Trinajstić information content (AvgIpc) is 3.38. The van der Waals surface area contributed by atoms with Crippen molar-refractivity contribution >= 4 is 11.7 Å². The van der Waals surface area contributed by atoms with Crippen LogP contribution in [0.5, 0.6) is 0 Å². The molecule has 1 heterocycles. The molecule has 12 unspecified atom stereocenters. The lowest BCUT2D eigenvalue weighted by Crippen LogP contribution is -2.78. The zero-order chi connectivity index (χ0) is 26.6. The number of nitrogen functional groups attached to an aromatic ring is 1. The molecule has 0 aromatic heterocycles. The molecule has 1 aliphatic heterocycles. The predicted molar refractivity (Wildman–Crippen MR) is 140 cm³/mol. The fraction of sp³-hybridized carbons (Fsp3) is 0.767. The largest absolute Gasteiger partial charge is 0.454 e. The van der Waals surface area contributed by atoms with Gasteiger partial charge in [0.05, 0.1) is 29.5 Å². The Morgan fingerprint density at radius 2 is 1.92 bits per heavy atom. The number of esters is 1. The van der Waals surface area contributed by atoms with Gasteiger partial charge in [-0.2, -0.15) is 0 Å². The Morgan fingerprint density at radius 1 is 1.13 bits per heavy atom. The summed E-state index contributed by atoms with van der Waals surface area (Å²) < 4.78 is 25.3. The molecular weight excluding hydrogens is 484 g/mol. The number of aliphatic hydroxyl groups is 1. The SMILES string of the molecule is CCN1CC2(OC(=O)c3ccccc3N)CCC(OC)C34C5CC6C(OC)CC(O)(C(CC23)C14)C5C6OC. The summed E-state index contributed by atoms with van der Waals surface area (Å²) in [4.78, 5) is 16.2. The van der Waals surface area contributed by atoms with Gasteiger partial charge in [-0.25, -0.2) is 4.79 Å². The highest BCUT2D eigenvalue weighted by molar-refractivity contribution is 5.95. The zero-order valence-electron chi connectivity index (χ0n) is 23.0. The fourth-order valence-corrected chi connectivity index (χ4v) is 11.3. The second-order valence-corrected chi connectivity index (χ2v) is 12.9. The van der Waals surface area contributed by atoms with Gasteiger partial charge in [0.1, 0.15) is 5.60 Å². The molecule has 38 heavy (non-hydrogen) atoms. The Hall–Kier alpha value is -1.71. The molecule has 0 amide bonds. The third-order valence-corrected chi connectivity index (χ3v) is 12.2. The average molecular weight is 527 g/mol. The first-order valence-corrected chi connectivity index (χ1v) is 14.4. The van der Waals surface area contributed by atoms with E-state index < -0.39 is 11.2 Å². The highest BCUT2D eigenvalue weighted by atomic mass is 16.6. The summed E-state index contributed by atoms with van der Waals surface area (Å²) in [6.45, 7) is 3.71. The van der Waals surface area contributed by atoms with Crippen molar-refractivity contribution in [3.05, 3.63) is 29.8 Å². The number of nitrogens with two attached hydrogens (primary N) is 1. The number of carbonyl (C=O) groups excluding carboxylic acids is 1. The fourth-order valence-electron chi connectivity index (χ4n) is 11.3. The van der Waals surface area contributed by atoms with Gasteiger partial charge in [-0.05, 0) is 50.3 Å². The topological polar surface area (TPSA) is 103 Å². The second-order valence-electron chi connectivity index (χ2n) is 12.9. The first-order chi connectivity index (χ1) is 18.3. The molecule has 8 heteroatoms. The molecule has 208 valence electrons. The molecule has 0 radical (unpaired) electrons. The monoisotopic (exact) mass is 526 g/mol. The molecule has 1 aromatic carbocycles. The summed E-state index contributed by atoms with van der Waals surface area (Å²) in [5.41, 5.74) is 5.31. The zero-order valence-corrected chi connectivity index (χ0v) is 23.0. The van der Waals surface area contributed by atoms with E-state index >= 15 is 0 Å². The van der Waals surface area contributed by atoms with Gasteiger partial charge in [0.15, 0.2) is 0 Å². The van der Waals surface area contributed by atoms with Gasteiger partial charge in [-0.3, -0.25) is 4.90 Å². The van der Waals surface area contributed by atoms with Gasteiger partial charge >= 0.3 is 5.97 Å². The van der Waals surface area contributed by atoms with Crippen LogP contribution in [0.4, 0.5) is 5.69 Å². The molecule has 1 spiro atoms. The van der Waals surface area contributed by atoms with E-state index in [1.807, 2.05) is 19.2 Å². The minimum atomic E-state index is -0.887. The van der Waals surface area contributed by atoms with Crippen LogP contribution in [-0.4, -0.2) is 86.0 Å². The van der Waals surface area contributed by atoms with E-state index in [4.69, 9.17) is 24.7 Å². The molecule has 7 rings (SSSR count). The van der Waals surface area contributed by atoms with E-state index in [9.17, 15) is 9.90 Å². The van der Waals surface area contributed by atoms with E-state index in [2.05, 4.69) is 11.8 Å². The maximum atomic E-state index is 13.7. The van der Waals surface area contributed by atoms with E-state index in [0.717, 1.165) is 32.2 Å². The number of nitrogens with zero attached hydrogens (tertiary/aromatic N) is 1. The van der Waals surface area contributed by atoms with Crippen molar-refractivity contribution < 1.29 is 28.8 Å². The third kappa shape index (κ3) is 2.81. The van der Waals surface area contributed by atoms with Crippen LogP contribution in [-0.2, 0) is 18.9 Å². The van der Waals surface area contributed by atoms with Crippen molar-refractivity contribution in [2.24, 2.45) is 35.0 Å². The number of likely N-dealkylation sites (tertiary alicyclic amines) is 1. The second kappa shape index (κ2) is 8.40. The molecule has 6 fully saturated rings. The Labute approximate surface area is 225 Å². The van der Waals surface area contributed by atoms with Crippen molar-refractivity contribution in [1.29, 1.82) is 0 Å². The number of para-hydroxylation sites is 1. The molecular formula is C30H42N2O6. The number of benzene rings is 1. The summed E-state index contributed by atoms with van der Waals surface area (Å²) in [5.74, 6) is 0.280. The number of rotatable bonds is 6. The van der Waals surface area contributed by atoms with Crippen molar-refractivity contribution in [2.75, 3.05) is 40.2 Å². The molecule has 6 aliphatic rings. The van der Waals surface area contributed by atoms with Gasteiger partial charge in [-0.15, -0.1) is 0 Å². The normalized spacial score (nSPS) is 50.2. The van der Waals surface area contributed by atoms with Crippen molar-refractivity contribution in [2.45, 2.75) is 74.6 Å². The number of methoxy groups -OCH3 is 3. The van der Waals surface area contributed by atoms with Gasteiger partial charge in [0.25, 0.3) is 0 Å². The molecule has 12 atom stereocenters. The Kier molecular flexibility index (Phi) is 5.59. The van der Waals surface area contributed by atoms with Crippen LogP contribution >= 0.6 is 0 Å². The van der Waals surface area contributed by atoms with Crippen LogP contribution in [0.1, 0.15) is 49.4 Å². The van der Waals surface area contributed by atoms with Gasteiger partial charge in [-0.1, -0.05) is 19.1 Å². The minimum absolute atomic E-state index is 0.0231. The first kappa shape index (κ1) is 25.3. The standard InChI is InChI=1S/C30H42N2O6/c1-5-32-15-28(38-27(33)16-8-6-7-9-20(16)31)11-10-23(36-3)30-18-12-17-21(35-2)14-29(34,24(18)25(17)37-4)19(26(30)32)13-22(28)30/h6-9,17-19,21-26,34H,5,10-15,31H2,1-4H3. The van der Waals surface area contributed by atoms with Crippen LogP contribution in [0.2, 0.25) is 0 Å². The molecule has 8 nitrogen and oxygen atoms in total. The number of hydrogen-bond acceptors (Lipinski definition) is 8. The summed E-state index contributed by atoms with van der Waals surface area (Å²) in [5, 5.41) is 12.7. The van der Waals surface area contributed by atoms with Crippen molar-refractivity contribution in [3.63, 3.8) is 0 Å². The van der Waals surface area contributed by atoms with Crippen LogP contribution in [0.15, 0.2) is 24.3 Å². The highest BCUT2D eigenvalue weighted by Crippen LogP contribution is 2.78. The Morgan fingerprint density at radius 3 is 2.61 bits per heavy atom. The van der Waals surface area contributed by atoms with E-state index in [1.165, 1.54) is 0 Å². The number of anilines is 1. The molecule has 3 N–H and O–H groups in total. The van der Waals surface area contributed by atoms with Crippen LogP contribution in [0.25, 0.3) is 0 Å². The van der Waals surface area contributed by atoms with E-state index in [1.54, 1.807) is 26.4 Å². The number of likely N-dealkylation sites (N-methyl/N-ethyl adjacent to an activating group) is 1. The molecule has 7 bridgehead atoms. The van der Waals surface area contributed by atoms with Crippen LogP contribution in [0, 0.1) is 35.0 Å². The van der Waals surface area contributed by atoms with Gasteiger partial charge in [0, 0.05) is 75.1 Å². The van der Waals surface area contributed by atoms with E-state index in [0.29, 0.717) is 24.2 Å². The molecule has 5 saturated carbocycles. The lowest BCUT2D eigenvalue weighted by molar-refractivity contribution is -0.284. The van der Waals surface area contributed by atoms with Crippen LogP contribution < -0.4 is 5.73 Å². The lowest BCUT2D eigenvalue weighted by atomic mass is 9.45. The molecule has 1 aromatic rings. The number of ether oxygens (including phenoxy) is 4. The van der Waals surface area contributed by atoms with Crippen LogP contribution in [0.3, 0.4) is 0 Å². The minimum Gasteiger partial charge on any atom is -0.454 e. The highest BCUT2D eigenvalue weighted by Gasteiger charge is 2.84. The Balaban J connectivity index is 1.39. The number of fused-ring (bicyclic) bond motifs is 2. The Bertz CT molecular complexity index is 1130. The lowest BCUT2D eigenvalue weighted by Gasteiger charge is -2.69. The number of hydrogen-bond donors (Lipinski definition) is 2. The van der Waals surface area contributed by atoms with Crippen molar-refractivity contribution in [1.82, 2.24) is 4.90 Å². The van der Waals surface area contributed by atoms with Crippen molar-refractivity contribution in [3.8, 4) is 0 Å². The maximum absolute atomic E-state index is 13.7. The summed E-state index contributed by atoms with van der Waals surface area (Å²) in [7, 11) is 5.40. The van der Waals surface area contributed by atoms with Gasteiger partial charge in [0.2, 0.25) is 0 Å². The summed E-state index contributed by atoms with van der Waals surface area (Å²) in [6, 6.07) is 7.35. The molecule has 5 aliphatic carbocycles. The number of piperidine rings is 1. The summed E-state index contributed by atoms with van der Waals surface area (Å²) in [6.07, 6.45) is 3.96. The quantitative estimate of drug-likeness (QED) is 0.431. The third-order valence-electron chi connectivity index (χ3n) is 12.2. The first-order valence-electron chi connectivity index (χ1n) is 14.4.